The van der Waals surface area contributed by atoms with Crippen molar-refractivity contribution in [1.29, 1.82) is 0 Å². The molecule has 0 aromatic carbocycles. The van der Waals surface area contributed by atoms with E-state index in [2.05, 4.69) is 17.1 Å². The SMILES string of the molecule is COC[C@H](C)NCCCN1CCOCC1. The van der Waals surface area contributed by atoms with Gasteiger partial charge in [-0.3, -0.25) is 4.90 Å². The summed E-state index contributed by atoms with van der Waals surface area (Å²) in [6, 6.07) is 0.458. The van der Waals surface area contributed by atoms with Gasteiger partial charge in [0.15, 0.2) is 0 Å². The first kappa shape index (κ1) is 12.9. The molecule has 0 amide bonds. The maximum Gasteiger partial charge on any atom is 0.0613 e. The van der Waals surface area contributed by atoms with E-state index in [1.165, 1.54) is 13.0 Å². The van der Waals surface area contributed by atoms with Crippen molar-refractivity contribution in [3.05, 3.63) is 0 Å². The van der Waals surface area contributed by atoms with Crippen LogP contribution in [0.4, 0.5) is 0 Å². The van der Waals surface area contributed by atoms with Crippen LogP contribution in [0.1, 0.15) is 13.3 Å². The average molecular weight is 216 g/mol. The number of hydrogen-bond acceptors (Lipinski definition) is 4. The second kappa shape index (κ2) is 8.05. The molecule has 4 heteroatoms. The lowest BCUT2D eigenvalue weighted by Gasteiger charge is -2.26. The van der Waals surface area contributed by atoms with Gasteiger partial charge in [-0.2, -0.15) is 0 Å². The molecule has 1 fully saturated rings. The van der Waals surface area contributed by atoms with E-state index in [9.17, 15) is 0 Å². The first-order valence-electron chi connectivity index (χ1n) is 5.85. The first-order valence-corrected chi connectivity index (χ1v) is 5.85. The Morgan fingerprint density at radius 2 is 2.13 bits per heavy atom. The molecule has 4 nitrogen and oxygen atoms in total. The molecule has 1 heterocycles. The van der Waals surface area contributed by atoms with Gasteiger partial charge in [-0.05, 0) is 26.4 Å². The molecule has 15 heavy (non-hydrogen) atoms. The van der Waals surface area contributed by atoms with Crippen molar-refractivity contribution in [2.75, 3.05) is 53.1 Å². The summed E-state index contributed by atoms with van der Waals surface area (Å²) in [6.45, 7) is 9.16. The zero-order valence-electron chi connectivity index (χ0n) is 10.00. The van der Waals surface area contributed by atoms with Crippen LogP contribution in [0.3, 0.4) is 0 Å². The third-order valence-electron chi connectivity index (χ3n) is 2.66. The predicted octanol–water partition coefficient (Wildman–Crippen LogP) is 0.333. The van der Waals surface area contributed by atoms with Crippen LogP contribution in [0.15, 0.2) is 0 Å². The quantitative estimate of drug-likeness (QED) is 0.622. The van der Waals surface area contributed by atoms with E-state index in [1.54, 1.807) is 7.11 Å². The van der Waals surface area contributed by atoms with E-state index in [4.69, 9.17) is 9.47 Å². The van der Waals surface area contributed by atoms with Crippen LogP contribution < -0.4 is 5.32 Å². The Hall–Kier alpha value is -0.160. The lowest BCUT2D eigenvalue weighted by Crippen LogP contribution is -2.38. The fraction of sp³-hybridized carbons (Fsp3) is 1.00. The molecule has 0 saturated carbocycles. The number of nitrogens with zero attached hydrogens (tertiary/aromatic N) is 1. The van der Waals surface area contributed by atoms with Crippen molar-refractivity contribution < 1.29 is 9.47 Å². The summed E-state index contributed by atoms with van der Waals surface area (Å²) in [5.41, 5.74) is 0. The largest absolute Gasteiger partial charge is 0.383 e. The van der Waals surface area contributed by atoms with Gasteiger partial charge in [-0.1, -0.05) is 0 Å². The van der Waals surface area contributed by atoms with Crippen LogP contribution in [0, 0.1) is 0 Å². The monoisotopic (exact) mass is 216 g/mol. The zero-order valence-corrected chi connectivity index (χ0v) is 10.00. The van der Waals surface area contributed by atoms with E-state index in [-0.39, 0.29) is 0 Å². The minimum absolute atomic E-state index is 0.458. The van der Waals surface area contributed by atoms with E-state index < -0.39 is 0 Å². The molecule has 0 aliphatic carbocycles. The number of nitrogens with one attached hydrogen (secondary N) is 1. The van der Waals surface area contributed by atoms with Crippen LogP contribution in [-0.4, -0.2) is 64.1 Å². The minimum Gasteiger partial charge on any atom is -0.383 e. The smallest absolute Gasteiger partial charge is 0.0613 e. The molecule has 0 aromatic heterocycles. The summed E-state index contributed by atoms with van der Waals surface area (Å²) in [5, 5.41) is 3.44. The van der Waals surface area contributed by atoms with Gasteiger partial charge in [0.05, 0.1) is 19.8 Å². The summed E-state index contributed by atoms with van der Waals surface area (Å²) in [6.07, 6.45) is 1.20. The highest BCUT2D eigenvalue weighted by molar-refractivity contribution is 4.64. The van der Waals surface area contributed by atoms with Gasteiger partial charge in [0.1, 0.15) is 0 Å². The van der Waals surface area contributed by atoms with Crippen molar-refractivity contribution in [3.8, 4) is 0 Å². The highest BCUT2D eigenvalue weighted by Crippen LogP contribution is 1.97. The van der Waals surface area contributed by atoms with Gasteiger partial charge in [-0.15, -0.1) is 0 Å². The number of hydrogen-bond donors (Lipinski definition) is 1. The first-order chi connectivity index (χ1) is 7.33. The molecule has 1 N–H and O–H groups in total. The van der Waals surface area contributed by atoms with Crippen molar-refractivity contribution in [2.24, 2.45) is 0 Å². The Morgan fingerprint density at radius 1 is 1.40 bits per heavy atom. The Morgan fingerprint density at radius 3 is 2.80 bits per heavy atom. The molecule has 90 valence electrons. The second-order valence-electron chi connectivity index (χ2n) is 4.12. The average Bonchev–Trinajstić information content (AvgIpc) is 2.26. The molecule has 1 atom stereocenters. The highest BCUT2D eigenvalue weighted by Gasteiger charge is 2.09. The summed E-state index contributed by atoms with van der Waals surface area (Å²) < 4.78 is 10.4. The predicted molar refractivity (Wildman–Crippen MR) is 61.2 cm³/mol. The molecule has 0 spiro atoms. The third-order valence-corrected chi connectivity index (χ3v) is 2.66. The number of ether oxygens (including phenoxy) is 2. The van der Waals surface area contributed by atoms with E-state index >= 15 is 0 Å². The maximum absolute atomic E-state index is 5.30. The van der Waals surface area contributed by atoms with Gasteiger partial charge < -0.3 is 14.8 Å². The molecule has 0 radical (unpaired) electrons. The molecule has 0 unspecified atom stereocenters. The lowest BCUT2D eigenvalue weighted by atomic mass is 10.3. The van der Waals surface area contributed by atoms with Crippen molar-refractivity contribution >= 4 is 0 Å². The van der Waals surface area contributed by atoms with Crippen LogP contribution in [0.2, 0.25) is 0 Å². The summed E-state index contributed by atoms with van der Waals surface area (Å²) in [7, 11) is 1.74. The van der Waals surface area contributed by atoms with Gasteiger partial charge in [0, 0.05) is 26.2 Å². The standard InChI is InChI=1S/C11H24N2O2/c1-11(10-14-2)12-4-3-5-13-6-8-15-9-7-13/h11-12H,3-10H2,1-2H3/t11-/m0/s1. The fourth-order valence-corrected chi connectivity index (χ4v) is 1.78. The number of methoxy groups -OCH3 is 1. The van der Waals surface area contributed by atoms with Crippen LogP contribution in [-0.2, 0) is 9.47 Å². The molecule has 1 aliphatic rings. The molecule has 0 aromatic rings. The molecule has 1 rings (SSSR count). The summed E-state index contributed by atoms with van der Waals surface area (Å²) >= 11 is 0. The van der Waals surface area contributed by atoms with Crippen molar-refractivity contribution in [1.82, 2.24) is 10.2 Å². The Labute approximate surface area is 92.9 Å². The molecular weight excluding hydrogens is 192 g/mol. The van der Waals surface area contributed by atoms with Crippen LogP contribution in [0.25, 0.3) is 0 Å². The molecule has 1 aliphatic heterocycles. The summed E-state index contributed by atoms with van der Waals surface area (Å²) in [4.78, 5) is 2.46. The normalized spacial score (nSPS) is 20.4. The van der Waals surface area contributed by atoms with Crippen molar-refractivity contribution in [2.45, 2.75) is 19.4 Å². The van der Waals surface area contributed by atoms with Gasteiger partial charge in [0.2, 0.25) is 0 Å². The number of morpholine rings is 1. The van der Waals surface area contributed by atoms with Gasteiger partial charge >= 0.3 is 0 Å². The molecule has 1 saturated heterocycles. The summed E-state index contributed by atoms with van der Waals surface area (Å²) in [5.74, 6) is 0. The highest BCUT2D eigenvalue weighted by atomic mass is 16.5. The molecule has 0 bridgehead atoms. The Balaban J connectivity index is 1.91. The third kappa shape index (κ3) is 6.10. The van der Waals surface area contributed by atoms with E-state index in [0.717, 1.165) is 39.5 Å². The van der Waals surface area contributed by atoms with Crippen molar-refractivity contribution in [3.63, 3.8) is 0 Å². The van der Waals surface area contributed by atoms with Gasteiger partial charge in [-0.25, -0.2) is 0 Å². The topological polar surface area (TPSA) is 33.7 Å². The lowest BCUT2D eigenvalue weighted by molar-refractivity contribution is 0.0373. The zero-order chi connectivity index (χ0) is 10.9. The number of rotatable bonds is 7. The molecular formula is C11H24N2O2. The fourth-order valence-electron chi connectivity index (χ4n) is 1.78. The maximum atomic E-state index is 5.30. The van der Waals surface area contributed by atoms with Crippen LogP contribution in [0.5, 0.6) is 0 Å². The Kier molecular flexibility index (Phi) is 6.92. The minimum atomic E-state index is 0.458. The van der Waals surface area contributed by atoms with E-state index in [1.807, 2.05) is 0 Å². The van der Waals surface area contributed by atoms with E-state index in [0.29, 0.717) is 6.04 Å². The van der Waals surface area contributed by atoms with Crippen LogP contribution >= 0.6 is 0 Å². The Bertz CT molecular complexity index is 150. The second-order valence-corrected chi connectivity index (χ2v) is 4.12. The van der Waals surface area contributed by atoms with Gasteiger partial charge in [0.25, 0.3) is 0 Å².